The molecule has 0 unspecified atom stereocenters. The van der Waals surface area contributed by atoms with E-state index in [0.29, 0.717) is 31.1 Å². The Morgan fingerprint density at radius 3 is 2.21 bits per heavy atom. The number of carbonyl (C=O) groups excluding carboxylic acids is 1. The molecule has 1 amide bonds. The van der Waals surface area contributed by atoms with Gasteiger partial charge in [-0.25, -0.2) is 8.42 Å². The van der Waals surface area contributed by atoms with E-state index in [1.165, 1.54) is 15.4 Å². The molecule has 0 spiro atoms. The molecule has 2 aromatic rings. The van der Waals surface area contributed by atoms with Crippen LogP contribution in [-0.4, -0.2) is 55.0 Å². The molecule has 28 heavy (non-hydrogen) atoms. The topological polar surface area (TPSA) is 57.7 Å². The van der Waals surface area contributed by atoms with Crippen LogP contribution in [0, 0.1) is 13.8 Å². The van der Waals surface area contributed by atoms with Crippen molar-refractivity contribution < 1.29 is 13.2 Å². The summed E-state index contributed by atoms with van der Waals surface area (Å²) in [6, 6.07) is 14.7. The monoisotopic (exact) mass is 418 g/mol. The van der Waals surface area contributed by atoms with E-state index in [2.05, 4.69) is 26.0 Å². The van der Waals surface area contributed by atoms with Crippen LogP contribution in [0.5, 0.6) is 0 Å². The third kappa shape index (κ3) is 4.59. The summed E-state index contributed by atoms with van der Waals surface area (Å²) in [5, 5.41) is -0.209. The van der Waals surface area contributed by atoms with Crippen LogP contribution in [-0.2, 0) is 14.8 Å². The number of carbonyl (C=O) groups is 1. The number of hydrogen-bond donors (Lipinski definition) is 0. The SMILES string of the molecule is Cc1ccc(S[C@@H](C)C(=O)N2CCN(S(=O)(=O)c3ccccc3)CC2)cc1C. The lowest BCUT2D eigenvalue weighted by Gasteiger charge is -2.35. The molecule has 1 aliphatic heterocycles. The zero-order chi connectivity index (χ0) is 20.3. The number of hydrogen-bond acceptors (Lipinski definition) is 4. The van der Waals surface area contributed by atoms with Crippen molar-refractivity contribution in [2.45, 2.75) is 35.8 Å². The highest BCUT2D eigenvalue weighted by atomic mass is 32.2. The zero-order valence-electron chi connectivity index (χ0n) is 16.5. The molecule has 1 heterocycles. The number of sulfonamides is 1. The molecular weight excluding hydrogens is 392 g/mol. The molecule has 2 aromatic carbocycles. The molecule has 150 valence electrons. The van der Waals surface area contributed by atoms with Gasteiger partial charge in [-0.2, -0.15) is 4.31 Å². The molecule has 0 aliphatic carbocycles. The second kappa shape index (κ2) is 8.68. The van der Waals surface area contributed by atoms with Crippen molar-refractivity contribution >= 4 is 27.7 Å². The third-order valence-electron chi connectivity index (χ3n) is 5.07. The molecule has 0 N–H and O–H groups in total. The minimum absolute atomic E-state index is 0.0555. The van der Waals surface area contributed by atoms with Gasteiger partial charge in [-0.3, -0.25) is 4.79 Å². The molecule has 0 saturated carbocycles. The van der Waals surface area contributed by atoms with Gasteiger partial charge in [0, 0.05) is 31.1 Å². The van der Waals surface area contributed by atoms with E-state index >= 15 is 0 Å². The highest BCUT2D eigenvalue weighted by molar-refractivity contribution is 8.00. The fraction of sp³-hybridized carbons (Fsp3) is 0.381. The minimum Gasteiger partial charge on any atom is -0.339 e. The van der Waals surface area contributed by atoms with Crippen molar-refractivity contribution in [1.82, 2.24) is 9.21 Å². The predicted octanol–water partition coefficient (Wildman–Crippen LogP) is 3.32. The lowest BCUT2D eigenvalue weighted by molar-refractivity contribution is -0.131. The van der Waals surface area contributed by atoms with Gasteiger partial charge >= 0.3 is 0 Å². The molecule has 0 aromatic heterocycles. The first-order valence-electron chi connectivity index (χ1n) is 9.37. The van der Waals surface area contributed by atoms with Crippen LogP contribution in [0.1, 0.15) is 18.1 Å². The number of aryl methyl sites for hydroxylation is 2. The Labute approximate surface area is 171 Å². The molecule has 5 nitrogen and oxygen atoms in total. The van der Waals surface area contributed by atoms with Crippen molar-refractivity contribution in [1.29, 1.82) is 0 Å². The average Bonchev–Trinajstić information content (AvgIpc) is 2.71. The standard InChI is InChI=1S/C21H26N2O3S2/c1-16-9-10-19(15-17(16)2)27-18(3)21(24)22-11-13-23(14-12-22)28(25,26)20-7-5-4-6-8-20/h4-10,15,18H,11-14H2,1-3H3/t18-/m0/s1. The van der Waals surface area contributed by atoms with Gasteiger partial charge in [0.05, 0.1) is 10.1 Å². The lowest BCUT2D eigenvalue weighted by atomic mass is 10.1. The van der Waals surface area contributed by atoms with Gasteiger partial charge < -0.3 is 4.90 Å². The average molecular weight is 419 g/mol. The van der Waals surface area contributed by atoms with Crippen molar-refractivity contribution in [3.63, 3.8) is 0 Å². The maximum absolute atomic E-state index is 12.8. The van der Waals surface area contributed by atoms with Gasteiger partial charge in [0.25, 0.3) is 0 Å². The summed E-state index contributed by atoms with van der Waals surface area (Å²) in [5.41, 5.74) is 2.45. The number of nitrogens with zero attached hydrogens (tertiary/aromatic N) is 2. The van der Waals surface area contributed by atoms with E-state index in [-0.39, 0.29) is 11.2 Å². The Hall–Kier alpha value is -1.83. The van der Waals surface area contributed by atoms with E-state index in [9.17, 15) is 13.2 Å². The lowest BCUT2D eigenvalue weighted by Crippen LogP contribution is -2.52. The largest absolute Gasteiger partial charge is 0.339 e. The van der Waals surface area contributed by atoms with Gasteiger partial charge in [0.1, 0.15) is 0 Å². The van der Waals surface area contributed by atoms with Crippen molar-refractivity contribution in [2.24, 2.45) is 0 Å². The Morgan fingerprint density at radius 2 is 1.61 bits per heavy atom. The number of amides is 1. The van der Waals surface area contributed by atoms with Crippen LogP contribution < -0.4 is 0 Å². The van der Waals surface area contributed by atoms with Crippen LogP contribution in [0.2, 0.25) is 0 Å². The number of piperazine rings is 1. The van der Waals surface area contributed by atoms with Gasteiger partial charge in [0.2, 0.25) is 15.9 Å². The van der Waals surface area contributed by atoms with Crippen molar-refractivity contribution in [3.05, 3.63) is 59.7 Å². The molecule has 7 heteroatoms. The molecule has 1 saturated heterocycles. The maximum Gasteiger partial charge on any atom is 0.243 e. The normalized spacial score (nSPS) is 16.8. The molecule has 0 radical (unpaired) electrons. The minimum atomic E-state index is -3.50. The summed E-state index contributed by atoms with van der Waals surface area (Å²) >= 11 is 1.55. The van der Waals surface area contributed by atoms with Crippen LogP contribution in [0.25, 0.3) is 0 Å². The Balaban J connectivity index is 1.59. The summed E-state index contributed by atoms with van der Waals surface area (Å²) in [7, 11) is -3.50. The first-order chi connectivity index (χ1) is 13.3. The second-order valence-electron chi connectivity index (χ2n) is 7.05. The van der Waals surface area contributed by atoms with Crippen LogP contribution in [0.15, 0.2) is 58.3 Å². The van der Waals surface area contributed by atoms with Crippen LogP contribution in [0.4, 0.5) is 0 Å². The fourth-order valence-corrected chi connectivity index (χ4v) is 5.68. The molecule has 1 aliphatic rings. The Morgan fingerprint density at radius 1 is 0.964 bits per heavy atom. The highest BCUT2D eigenvalue weighted by Crippen LogP contribution is 2.27. The summed E-state index contributed by atoms with van der Waals surface area (Å²) in [6.45, 7) is 7.54. The van der Waals surface area contributed by atoms with Crippen molar-refractivity contribution in [3.8, 4) is 0 Å². The van der Waals surface area contributed by atoms with E-state index in [1.54, 1.807) is 47.0 Å². The van der Waals surface area contributed by atoms with Crippen LogP contribution >= 0.6 is 11.8 Å². The van der Waals surface area contributed by atoms with E-state index in [4.69, 9.17) is 0 Å². The smallest absolute Gasteiger partial charge is 0.243 e. The van der Waals surface area contributed by atoms with E-state index < -0.39 is 10.0 Å². The number of benzene rings is 2. The Bertz CT molecular complexity index is 937. The van der Waals surface area contributed by atoms with Gasteiger partial charge in [-0.15, -0.1) is 11.8 Å². The highest BCUT2D eigenvalue weighted by Gasteiger charge is 2.31. The first kappa shape index (κ1) is 20.9. The summed E-state index contributed by atoms with van der Waals surface area (Å²) < 4.78 is 26.9. The molecule has 0 bridgehead atoms. The second-order valence-corrected chi connectivity index (χ2v) is 10.4. The zero-order valence-corrected chi connectivity index (χ0v) is 18.1. The van der Waals surface area contributed by atoms with Crippen molar-refractivity contribution in [2.75, 3.05) is 26.2 Å². The fourth-order valence-electron chi connectivity index (χ4n) is 3.19. The van der Waals surface area contributed by atoms with Gasteiger partial charge in [-0.1, -0.05) is 24.3 Å². The molecule has 3 rings (SSSR count). The maximum atomic E-state index is 12.8. The summed E-state index contributed by atoms with van der Waals surface area (Å²) in [5.74, 6) is 0.0555. The van der Waals surface area contributed by atoms with Gasteiger partial charge in [-0.05, 0) is 56.2 Å². The van der Waals surface area contributed by atoms with Crippen LogP contribution in [0.3, 0.4) is 0 Å². The quantitative estimate of drug-likeness (QED) is 0.699. The summed E-state index contributed by atoms with van der Waals surface area (Å²) in [6.07, 6.45) is 0. The predicted molar refractivity (Wildman–Crippen MR) is 113 cm³/mol. The van der Waals surface area contributed by atoms with Gasteiger partial charge in [0.15, 0.2) is 0 Å². The molecule has 1 atom stereocenters. The number of rotatable bonds is 5. The van der Waals surface area contributed by atoms with E-state index in [0.717, 1.165) is 4.90 Å². The Kier molecular flexibility index (Phi) is 6.47. The molecular formula is C21H26N2O3S2. The molecule has 1 fully saturated rings. The van der Waals surface area contributed by atoms with E-state index in [1.807, 2.05) is 13.0 Å². The first-order valence-corrected chi connectivity index (χ1v) is 11.7. The third-order valence-corrected chi connectivity index (χ3v) is 8.06. The summed E-state index contributed by atoms with van der Waals surface area (Å²) in [4.78, 5) is 16.0. The number of thioether (sulfide) groups is 1.